The molecular formula is C16H22. The topological polar surface area (TPSA) is 0 Å². The van der Waals surface area contributed by atoms with E-state index in [1.165, 1.54) is 33.4 Å². The number of hydrogen-bond acceptors (Lipinski definition) is 0. The molecule has 16 heavy (non-hydrogen) atoms. The number of rotatable bonds is 4. The Morgan fingerprint density at radius 3 is 1.12 bits per heavy atom. The third-order valence-corrected chi connectivity index (χ3v) is 3.63. The second-order valence-corrected chi connectivity index (χ2v) is 4.44. The highest BCUT2D eigenvalue weighted by Gasteiger charge is 2.12. The Balaban J connectivity index is 3.48. The summed E-state index contributed by atoms with van der Waals surface area (Å²) in [5.74, 6) is 0. The number of allylic oxidation sites excluding steroid dienone is 2. The Labute approximate surface area is 99.7 Å². The summed E-state index contributed by atoms with van der Waals surface area (Å²) >= 11 is 0. The third kappa shape index (κ3) is 2.11. The van der Waals surface area contributed by atoms with Gasteiger partial charge in [-0.1, -0.05) is 12.2 Å². The van der Waals surface area contributed by atoms with Gasteiger partial charge in [-0.05, 0) is 73.9 Å². The van der Waals surface area contributed by atoms with Crippen molar-refractivity contribution >= 4 is 0 Å². The first-order valence-corrected chi connectivity index (χ1v) is 5.84. The maximum Gasteiger partial charge on any atom is -0.00947 e. The highest BCUT2D eigenvalue weighted by Crippen LogP contribution is 2.27. The minimum absolute atomic E-state index is 0.966. The normalized spacial score (nSPS) is 10.2. The summed E-state index contributed by atoms with van der Waals surface area (Å²) in [4.78, 5) is 0. The largest absolute Gasteiger partial charge is 0.103 e. The molecule has 0 heteroatoms. The molecule has 0 N–H and O–H groups in total. The van der Waals surface area contributed by atoms with E-state index in [9.17, 15) is 0 Å². The minimum atomic E-state index is 0.966. The van der Waals surface area contributed by atoms with Crippen molar-refractivity contribution in [3.63, 3.8) is 0 Å². The summed E-state index contributed by atoms with van der Waals surface area (Å²) in [6, 6.07) is 0. The van der Waals surface area contributed by atoms with Gasteiger partial charge < -0.3 is 0 Å². The lowest BCUT2D eigenvalue weighted by Gasteiger charge is -2.19. The van der Waals surface area contributed by atoms with Crippen LogP contribution >= 0.6 is 0 Å². The van der Waals surface area contributed by atoms with E-state index in [2.05, 4.69) is 40.9 Å². The fourth-order valence-corrected chi connectivity index (χ4v) is 2.37. The van der Waals surface area contributed by atoms with Crippen molar-refractivity contribution in [1.29, 1.82) is 0 Å². The number of benzene rings is 1. The number of hydrogen-bond donors (Lipinski definition) is 0. The van der Waals surface area contributed by atoms with Crippen LogP contribution in [-0.2, 0) is 12.8 Å². The minimum Gasteiger partial charge on any atom is -0.103 e. The highest BCUT2D eigenvalue weighted by atomic mass is 14.2. The predicted octanol–water partition coefficient (Wildman–Crippen LogP) is 4.38. The predicted molar refractivity (Wildman–Crippen MR) is 73.2 cm³/mol. The van der Waals surface area contributed by atoms with Crippen molar-refractivity contribution in [3.8, 4) is 0 Å². The molecule has 0 aliphatic rings. The standard InChI is InChI=1S/C16H22/c1-7-9-15-11(3)13(5)16(10-8-2)14(6)12(15)4/h7-8H,1-2,9-10H2,3-6H3. The van der Waals surface area contributed by atoms with Crippen LogP contribution in [0.2, 0.25) is 0 Å². The van der Waals surface area contributed by atoms with Crippen LogP contribution in [0, 0.1) is 27.7 Å². The summed E-state index contributed by atoms with van der Waals surface area (Å²) in [6.07, 6.45) is 5.91. The van der Waals surface area contributed by atoms with Gasteiger partial charge in [0, 0.05) is 0 Å². The average molecular weight is 214 g/mol. The van der Waals surface area contributed by atoms with Crippen molar-refractivity contribution in [2.75, 3.05) is 0 Å². The smallest absolute Gasteiger partial charge is 0.00947 e. The molecule has 0 heterocycles. The molecule has 1 rings (SSSR count). The fraction of sp³-hybridized carbons (Fsp3) is 0.375. The summed E-state index contributed by atoms with van der Waals surface area (Å²) in [7, 11) is 0. The van der Waals surface area contributed by atoms with Crippen molar-refractivity contribution in [2.45, 2.75) is 40.5 Å². The van der Waals surface area contributed by atoms with Crippen LogP contribution in [0.5, 0.6) is 0 Å². The molecule has 0 spiro atoms. The van der Waals surface area contributed by atoms with Crippen molar-refractivity contribution in [1.82, 2.24) is 0 Å². The van der Waals surface area contributed by atoms with E-state index < -0.39 is 0 Å². The average Bonchev–Trinajstić information content (AvgIpc) is 2.28. The Morgan fingerprint density at radius 1 is 0.688 bits per heavy atom. The van der Waals surface area contributed by atoms with E-state index in [4.69, 9.17) is 0 Å². The summed E-state index contributed by atoms with van der Waals surface area (Å²) in [5, 5.41) is 0. The zero-order chi connectivity index (χ0) is 12.3. The van der Waals surface area contributed by atoms with Crippen LogP contribution in [0.25, 0.3) is 0 Å². The van der Waals surface area contributed by atoms with Crippen LogP contribution in [0.15, 0.2) is 25.3 Å². The molecule has 0 unspecified atom stereocenters. The van der Waals surface area contributed by atoms with Crippen LogP contribution in [-0.4, -0.2) is 0 Å². The van der Waals surface area contributed by atoms with Gasteiger partial charge in [0.15, 0.2) is 0 Å². The van der Waals surface area contributed by atoms with Crippen molar-refractivity contribution < 1.29 is 0 Å². The van der Waals surface area contributed by atoms with Gasteiger partial charge in [0.1, 0.15) is 0 Å². The van der Waals surface area contributed by atoms with E-state index >= 15 is 0 Å². The van der Waals surface area contributed by atoms with Gasteiger partial charge in [-0.25, -0.2) is 0 Å². The lowest BCUT2D eigenvalue weighted by molar-refractivity contribution is 1.06. The van der Waals surface area contributed by atoms with E-state index in [1.807, 2.05) is 12.2 Å². The molecule has 0 bridgehead atoms. The summed E-state index contributed by atoms with van der Waals surface area (Å²) in [6.45, 7) is 16.5. The first-order valence-electron chi connectivity index (χ1n) is 5.84. The molecule has 0 amide bonds. The molecule has 0 aliphatic heterocycles. The molecule has 0 fully saturated rings. The second-order valence-electron chi connectivity index (χ2n) is 4.44. The van der Waals surface area contributed by atoms with E-state index in [0.717, 1.165) is 12.8 Å². The molecule has 0 saturated heterocycles. The first-order chi connectivity index (χ1) is 7.54. The second kappa shape index (κ2) is 5.16. The lowest BCUT2D eigenvalue weighted by Crippen LogP contribution is -2.04. The molecule has 0 radical (unpaired) electrons. The molecule has 0 nitrogen and oxygen atoms in total. The molecule has 1 aromatic carbocycles. The molecule has 0 aliphatic carbocycles. The summed E-state index contributed by atoms with van der Waals surface area (Å²) in [5.41, 5.74) is 8.55. The monoisotopic (exact) mass is 214 g/mol. The van der Waals surface area contributed by atoms with Gasteiger partial charge >= 0.3 is 0 Å². The maximum absolute atomic E-state index is 3.84. The van der Waals surface area contributed by atoms with E-state index in [-0.39, 0.29) is 0 Å². The third-order valence-electron chi connectivity index (χ3n) is 3.63. The molecule has 86 valence electrons. The lowest BCUT2D eigenvalue weighted by atomic mass is 9.86. The molecule has 1 aromatic rings. The Bertz CT molecular complexity index is 352. The van der Waals surface area contributed by atoms with Crippen LogP contribution in [0.3, 0.4) is 0 Å². The maximum atomic E-state index is 3.84. The van der Waals surface area contributed by atoms with Gasteiger partial charge in [-0.3, -0.25) is 0 Å². The molecule has 0 atom stereocenters. The van der Waals surface area contributed by atoms with E-state index in [0.29, 0.717) is 0 Å². The summed E-state index contributed by atoms with van der Waals surface area (Å²) < 4.78 is 0. The van der Waals surface area contributed by atoms with Crippen molar-refractivity contribution in [3.05, 3.63) is 58.7 Å². The van der Waals surface area contributed by atoms with Crippen LogP contribution in [0.1, 0.15) is 33.4 Å². The SMILES string of the molecule is C=CCc1c(C)c(C)c(CC=C)c(C)c1C. The Morgan fingerprint density at radius 2 is 0.938 bits per heavy atom. The van der Waals surface area contributed by atoms with Gasteiger partial charge in [0.05, 0.1) is 0 Å². The highest BCUT2D eigenvalue weighted by molar-refractivity contribution is 5.51. The molecular weight excluding hydrogens is 192 g/mol. The quantitative estimate of drug-likeness (QED) is 0.653. The van der Waals surface area contributed by atoms with E-state index in [1.54, 1.807) is 0 Å². The Kier molecular flexibility index (Phi) is 4.12. The van der Waals surface area contributed by atoms with Crippen molar-refractivity contribution in [2.24, 2.45) is 0 Å². The molecule has 0 aromatic heterocycles. The van der Waals surface area contributed by atoms with Crippen LogP contribution < -0.4 is 0 Å². The first kappa shape index (κ1) is 12.8. The van der Waals surface area contributed by atoms with Gasteiger partial charge in [0.2, 0.25) is 0 Å². The zero-order valence-corrected chi connectivity index (χ0v) is 11.0. The van der Waals surface area contributed by atoms with Gasteiger partial charge in [-0.2, -0.15) is 0 Å². The van der Waals surface area contributed by atoms with Crippen LogP contribution in [0.4, 0.5) is 0 Å². The molecule has 0 saturated carbocycles. The zero-order valence-electron chi connectivity index (χ0n) is 11.0. The fourth-order valence-electron chi connectivity index (χ4n) is 2.37. The van der Waals surface area contributed by atoms with Gasteiger partial charge in [-0.15, -0.1) is 13.2 Å². The van der Waals surface area contributed by atoms with Gasteiger partial charge in [0.25, 0.3) is 0 Å². The Hall–Kier alpha value is -1.30.